The van der Waals surface area contributed by atoms with Gasteiger partial charge in [0.15, 0.2) is 0 Å². The van der Waals surface area contributed by atoms with Crippen molar-refractivity contribution in [3.8, 4) is 0 Å². The summed E-state index contributed by atoms with van der Waals surface area (Å²) in [5, 5.41) is 0. The van der Waals surface area contributed by atoms with Crippen molar-refractivity contribution in [2.45, 2.75) is 46.0 Å². The fraction of sp³-hybridized carbons (Fsp3) is 0.933. The molecule has 0 aromatic rings. The molecule has 0 N–H and O–H groups in total. The van der Waals surface area contributed by atoms with E-state index in [9.17, 15) is 4.79 Å². The van der Waals surface area contributed by atoms with Gasteiger partial charge in [0, 0.05) is 13.0 Å². The Kier molecular flexibility index (Phi) is 4.79. The van der Waals surface area contributed by atoms with Crippen molar-refractivity contribution >= 4 is 5.78 Å². The molecule has 0 aromatic heterocycles. The molecule has 104 valence electrons. The minimum absolute atomic E-state index is 0.134. The van der Waals surface area contributed by atoms with Crippen LogP contribution in [0.15, 0.2) is 0 Å². The SMILES string of the molecule is CCC1(CC)CCN(CC2COCCC2=O)CC1. The third-order valence-corrected chi connectivity index (χ3v) is 5.16. The number of likely N-dealkylation sites (tertiary alicyclic amines) is 1. The highest BCUT2D eigenvalue weighted by atomic mass is 16.5. The molecule has 1 atom stereocenters. The van der Waals surface area contributed by atoms with Gasteiger partial charge in [0.2, 0.25) is 0 Å². The molecule has 2 rings (SSSR count). The molecule has 3 heteroatoms. The van der Waals surface area contributed by atoms with E-state index < -0.39 is 0 Å². The Balaban J connectivity index is 1.81. The molecule has 3 nitrogen and oxygen atoms in total. The first kappa shape index (κ1) is 14.0. The lowest BCUT2D eigenvalue weighted by Gasteiger charge is -2.42. The molecule has 2 aliphatic heterocycles. The zero-order chi connectivity index (χ0) is 13.0. The Hall–Kier alpha value is -0.410. The molecule has 2 saturated heterocycles. The van der Waals surface area contributed by atoms with E-state index in [0.29, 0.717) is 30.8 Å². The van der Waals surface area contributed by atoms with Gasteiger partial charge >= 0.3 is 0 Å². The van der Waals surface area contributed by atoms with Crippen LogP contribution in [0.25, 0.3) is 0 Å². The van der Waals surface area contributed by atoms with Gasteiger partial charge in [0.25, 0.3) is 0 Å². The summed E-state index contributed by atoms with van der Waals surface area (Å²) in [6.07, 6.45) is 5.79. The highest BCUT2D eigenvalue weighted by molar-refractivity contribution is 5.82. The van der Waals surface area contributed by atoms with Gasteiger partial charge in [-0.3, -0.25) is 4.79 Å². The van der Waals surface area contributed by atoms with Crippen molar-refractivity contribution < 1.29 is 9.53 Å². The fourth-order valence-corrected chi connectivity index (χ4v) is 3.33. The molecular weight excluding hydrogens is 226 g/mol. The van der Waals surface area contributed by atoms with Gasteiger partial charge in [-0.1, -0.05) is 26.7 Å². The van der Waals surface area contributed by atoms with Gasteiger partial charge in [0.05, 0.1) is 19.1 Å². The number of ketones is 1. The van der Waals surface area contributed by atoms with Crippen LogP contribution in [-0.4, -0.2) is 43.5 Å². The average Bonchev–Trinajstić information content (AvgIpc) is 2.43. The van der Waals surface area contributed by atoms with E-state index in [-0.39, 0.29) is 5.92 Å². The van der Waals surface area contributed by atoms with Crippen LogP contribution in [0.3, 0.4) is 0 Å². The Morgan fingerprint density at radius 3 is 2.50 bits per heavy atom. The quantitative estimate of drug-likeness (QED) is 0.771. The lowest BCUT2D eigenvalue weighted by Crippen LogP contribution is -2.44. The summed E-state index contributed by atoms with van der Waals surface area (Å²) in [4.78, 5) is 14.3. The summed E-state index contributed by atoms with van der Waals surface area (Å²) in [7, 11) is 0. The molecule has 0 aliphatic carbocycles. The van der Waals surface area contributed by atoms with Crippen LogP contribution in [0.2, 0.25) is 0 Å². The van der Waals surface area contributed by atoms with Crippen molar-refractivity contribution in [2.75, 3.05) is 32.8 Å². The lowest BCUT2D eigenvalue weighted by molar-refractivity contribution is -0.131. The number of hydrogen-bond donors (Lipinski definition) is 0. The second-order valence-corrected chi connectivity index (χ2v) is 6.00. The van der Waals surface area contributed by atoms with E-state index in [2.05, 4.69) is 18.7 Å². The monoisotopic (exact) mass is 253 g/mol. The van der Waals surface area contributed by atoms with Crippen molar-refractivity contribution in [2.24, 2.45) is 11.3 Å². The predicted molar refractivity (Wildman–Crippen MR) is 72.6 cm³/mol. The summed E-state index contributed by atoms with van der Waals surface area (Å²) in [5.41, 5.74) is 0.573. The van der Waals surface area contributed by atoms with E-state index in [1.54, 1.807) is 0 Å². The zero-order valence-corrected chi connectivity index (χ0v) is 11.9. The van der Waals surface area contributed by atoms with E-state index in [4.69, 9.17) is 4.74 Å². The van der Waals surface area contributed by atoms with Crippen LogP contribution in [-0.2, 0) is 9.53 Å². The van der Waals surface area contributed by atoms with Crippen molar-refractivity contribution in [3.63, 3.8) is 0 Å². The number of piperidine rings is 1. The first-order valence-corrected chi connectivity index (χ1v) is 7.52. The molecule has 0 aromatic carbocycles. The highest BCUT2D eigenvalue weighted by Crippen LogP contribution is 2.38. The second kappa shape index (κ2) is 6.16. The van der Waals surface area contributed by atoms with Gasteiger partial charge in [-0.05, 0) is 31.3 Å². The molecule has 0 amide bonds. The fourth-order valence-electron chi connectivity index (χ4n) is 3.33. The normalized spacial score (nSPS) is 29.4. The second-order valence-electron chi connectivity index (χ2n) is 6.00. The third-order valence-electron chi connectivity index (χ3n) is 5.16. The van der Waals surface area contributed by atoms with Crippen molar-refractivity contribution in [3.05, 3.63) is 0 Å². The van der Waals surface area contributed by atoms with Crippen LogP contribution < -0.4 is 0 Å². The Labute approximate surface area is 111 Å². The summed E-state index contributed by atoms with van der Waals surface area (Å²) in [5.74, 6) is 0.540. The Morgan fingerprint density at radius 1 is 1.28 bits per heavy atom. The minimum atomic E-state index is 0.134. The first-order valence-electron chi connectivity index (χ1n) is 7.52. The van der Waals surface area contributed by atoms with E-state index >= 15 is 0 Å². The van der Waals surface area contributed by atoms with E-state index in [1.165, 1.54) is 25.7 Å². The topological polar surface area (TPSA) is 29.5 Å². The van der Waals surface area contributed by atoms with Crippen LogP contribution in [0.4, 0.5) is 0 Å². The molecular formula is C15H27NO2. The first-order chi connectivity index (χ1) is 8.69. The molecule has 0 spiro atoms. The summed E-state index contributed by atoms with van der Waals surface area (Å²) in [6.45, 7) is 9.14. The average molecular weight is 253 g/mol. The summed E-state index contributed by atoms with van der Waals surface area (Å²) < 4.78 is 5.43. The number of nitrogens with zero attached hydrogens (tertiary/aromatic N) is 1. The Morgan fingerprint density at radius 2 is 1.94 bits per heavy atom. The maximum absolute atomic E-state index is 11.8. The van der Waals surface area contributed by atoms with Crippen molar-refractivity contribution in [1.29, 1.82) is 0 Å². The van der Waals surface area contributed by atoms with Gasteiger partial charge in [-0.2, -0.15) is 0 Å². The van der Waals surface area contributed by atoms with Gasteiger partial charge in [-0.25, -0.2) is 0 Å². The van der Waals surface area contributed by atoms with E-state index in [1.807, 2.05) is 0 Å². The van der Waals surface area contributed by atoms with Crippen LogP contribution in [0, 0.1) is 11.3 Å². The number of carbonyl (C=O) groups excluding carboxylic acids is 1. The van der Waals surface area contributed by atoms with Gasteiger partial charge in [-0.15, -0.1) is 0 Å². The lowest BCUT2D eigenvalue weighted by atomic mass is 9.74. The molecule has 0 radical (unpaired) electrons. The minimum Gasteiger partial charge on any atom is -0.380 e. The third kappa shape index (κ3) is 3.12. The molecule has 18 heavy (non-hydrogen) atoms. The van der Waals surface area contributed by atoms with Crippen LogP contribution in [0.5, 0.6) is 0 Å². The largest absolute Gasteiger partial charge is 0.380 e. The molecule has 2 aliphatic rings. The maximum Gasteiger partial charge on any atom is 0.141 e. The zero-order valence-electron chi connectivity index (χ0n) is 11.9. The van der Waals surface area contributed by atoms with Crippen LogP contribution >= 0.6 is 0 Å². The molecule has 2 heterocycles. The standard InChI is InChI=1S/C15H27NO2/c1-3-15(4-2)6-8-16(9-7-15)11-13-12-18-10-5-14(13)17/h13H,3-12H2,1-2H3. The van der Waals surface area contributed by atoms with E-state index in [0.717, 1.165) is 19.6 Å². The molecule has 0 bridgehead atoms. The van der Waals surface area contributed by atoms with Crippen LogP contribution in [0.1, 0.15) is 46.0 Å². The highest BCUT2D eigenvalue weighted by Gasteiger charge is 2.33. The molecule has 2 fully saturated rings. The summed E-state index contributed by atoms with van der Waals surface area (Å²) >= 11 is 0. The molecule has 1 unspecified atom stereocenters. The predicted octanol–water partition coefficient (Wildman–Crippen LogP) is 2.49. The number of ether oxygens (including phenoxy) is 1. The molecule has 0 saturated carbocycles. The Bertz CT molecular complexity index is 276. The van der Waals surface area contributed by atoms with Gasteiger partial charge < -0.3 is 9.64 Å². The number of rotatable bonds is 4. The van der Waals surface area contributed by atoms with Crippen molar-refractivity contribution in [1.82, 2.24) is 4.90 Å². The van der Waals surface area contributed by atoms with Gasteiger partial charge in [0.1, 0.15) is 5.78 Å². The smallest absolute Gasteiger partial charge is 0.141 e. The summed E-state index contributed by atoms with van der Waals surface area (Å²) in [6, 6.07) is 0. The number of Topliss-reactive ketones (excluding diaryl/α,β-unsaturated/α-hetero) is 1. The maximum atomic E-state index is 11.8. The number of hydrogen-bond acceptors (Lipinski definition) is 3. The number of carbonyl (C=O) groups is 1.